The fraction of sp³-hybridized carbons (Fsp3) is 0.455. The number of nitrogens with zero attached hydrogens (tertiary/aromatic N) is 2. The summed E-state index contributed by atoms with van der Waals surface area (Å²) in [6.07, 6.45) is 13.7. The molecule has 0 spiro atoms. The lowest BCUT2D eigenvalue weighted by Gasteiger charge is -2.11. The fourth-order valence-electron chi connectivity index (χ4n) is 4.21. The second-order valence-corrected chi connectivity index (χ2v) is 10.1. The Morgan fingerprint density at radius 1 is 0.675 bits per heavy atom. The molecule has 1 unspecified atom stereocenters. The predicted octanol–water partition coefficient (Wildman–Crippen LogP) is 8.81. The molecular weight excluding hydrogens is 504 g/mol. The maximum Gasteiger partial charge on any atom is 0.513 e. The molecule has 3 rings (SSSR count). The summed E-state index contributed by atoms with van der Waals surface area (Å²) in [5, 5.41) is 0. The van der Waals surface area contributed by atoms with Crippen LogP contribution in [0.15, 0.2) is 60.9 Å². The zero-order valence-electron chi connectivity index (χ0n) is 24.1. The third kappa shape index (κ3) is 10.4. The zero-order chi connectivity index (χ0) is 28.6. The quantitative estimate of drug-likeness (QED) is 0.0767. The lowest BCUT2D eigenvalue weighted by Crippen LogP contribution is -2.17. The van der Waals surface area contributed by atoms with Crippen LogP contribution >= 0.6 is 0 Å². The Kier molecular flexibility index (Phi) is 13.1. The standard InChI is InChI=1S/C33H42N2O5/c1-4-6-8-9-10-12-22-38-33(37)40-30-18-14-26(15-19-30)28-23-34-31(35-24-28)27-16-20-29(21-17-27)39-32(36)25(3)13-11-7-5-2/h14-21,23-25H,4-13,22H2,1-3H3. The number of ether oxygens (including phenoxy) is 3. The number of rotatable bonds is 16. The van der Waals surface area contributed by atoms with Crippen molar-refractivity contribution in [3.63, 3.8) is 0 Å². The van der Waals surface area contributed by atoms with Crippen molar-refractivity contribution >= 4 is 12.1 Å². The first-order valence-corrected chi connectivity index (χ1v) is 14.6. The number of hydrogen-bond acceptors (Lipinski definition) is 7. The second kappa shape index (κ2) is 17.1. The summed E-state index contributed by atoms with van der Waals surface area (Å²) in [5.74, 6) is 1.19. The number of benzene rings is 2. The molecule has 3 aromatic rings. The molecular formula is C33H42N2O5. The predicted molar refractivity (Wildman–Crippen MR) is 157 cm³/mol. The van der Waals surface area contributed by atoms with E-state index in [0.29, 0.717) is 23.9 Å². The van der Waals surface area contributed by atoms with Gasteiger partial charge in [0.15, 0.2) is 5.82 Å². The fourth-order valence-corrected chi connectivity index (χ4v) is 4.21. The number of carbonyl (C=O) groups excluding carboxylic acids is 2. The molecule has 40 heavy (non-hydrogen) atoms. The van der Waals surface area contributed by atoms with Crippen molar-refractivity contribution in [3.8, 4) is 34.0 Å². The molecule has 1 atom stereocenters. The maximum absolute atomic E-state index is 12.3. The number of unbranched alkanes of at least 4 members (excludes halogenated alkanes) is 7. The van der Waals surface area contributed by atoms with E-state index in [4.69, 9.17) is 14.2 Å². The van der Waals surface area contributed by atoms with Crippen LogP contribution in [0.5, 0.6) is 11.5 Å². The summed E-state index contributed by atoms with van der Waals surface area (Å²) in [6, 6.07) is 14.4. The molecule has 0 aliphatic carbocycles. The average molecular weight is 547 g/mol. The number of hydrogen-bond donors (Lipinski definition) is 0. The van der Waals surface area contributed by atoms with E-state index in [1.807, 2.05) is 31.2 Å². The van der Waals surface area contributed by atoms with Gasteiger partial charge >= 0.3 is 12.1 Å². The van der Waals surface area contributed by atoms with Gasteiger partial charge in [-0.25, -0.2) is 14.8 Å². The van der Waals surface area contributed by atoms with Crippen molar-refractivity contribution in [2.24, 2.45) is 5.92 Å². The van der Waals surface area contributed by atoms with E-state index >= 15 is 0 Å². The van der Waals surface area contributed by atoms with Gasteiger partial charge in [-0.2, -0.15) is 0 Å². The minimum absolute atomic E-state index is 0.119. The van der Waals surface area contributed by atoms with Gasteiger partial charge in [0.25, 0.3) is 0 Å². The molecule has 0 N–H and O–H groups in total. The van der Waals surface area contributed by atoms with Crippen molar-refractivity contribution in [2.45, 2.75) is 85.0 Å². The summed E-state index contributed by atoms with van der Waals surface area (Å²) in [5.41, 5.74) is 2.56. The highest BCUT2D eigenvalue weighted by molar-refractivity contribution is 5.75. The summed E-state index contributed by atoms with van der Waals surface area (Å²) in [4.78, 5) is 33.3. The first-order chi connectivity index (χ1) is 19.5. The van der Waals surface area contributed by atoms with Gasteiger partial charge < -0.3 is 14.2 Å². The van der Waals surface area contributed by atoms with Gasteiger partial charge in [-0.15, -0.1) is 0 Å². The van der Waals surface area contributed by atoms with Crippen LogP contribution in [0.4, 0.5) is 4.79 Å². The molecule has 2 aromatic carbocycles. The molecule has 0 amide bonds. The molecule has 0 saturated heterocycles. The molecule has 0 aliphatic rings. The van der Waals surface area contributed by atoms with Crippen LogP contribution in [-0.4, -0.2) is 28.7 Å². The van der Waals surface area contributed by atoms with Gasteiger partial charge in [-0.3, -0.25) is 4.79 Å². The van der Waals surface area contributed by atoms with E-state index in [1.54, 1.807) is 36.7 Å². The second-order valence-electron chi connectivity index (χ2n) is 10.1. The molecule has 0 radical (unpaired) electrons. The largest absolute Gasteiger partial charge is 0.513 e. The van der Waals surface area contributed by atoms with Crippen LogP contribution in [0.25, 0.3) is 22.5 Å². The van der Waals surface area contributed by atoms with E-state index in [2.05, 4.69) is 23.8 Å². The smallest absolute Gasteiger partial charge is 0.434 e. The topological polar surface area (TPSA) is 87.6 Å². The average Bonchev–Trinajstić information content (AvgIpc) is 2.97. The van der Waals surface area contributed by atoms with E-state index in [-0.39, 0.29) is 11.9 Å². The van der Waals surface area contributed by atoms with E-state index < -0.39 is 6.16 Å². The SMILES string of the molecule is CCCCCCCCOC(=O)Oc1ccc(-c2cnc(-c3ccc(OC(=O)C(C)CCCCC)cc3)nc2)cc1. The third-order valence-electron chi connectivity index (χ3n) is 6.73. The van der Waals surface area contributed by atoms with Gasteiger partial charge in [0.1, 0.15) is 11.5 Å². The van der Waals surface area contributed by atoms with Crippen LogP contribution in [0.3, 0.4) is 0 Å². The van der Waals surface area contributed by atoms with Crippen molar-refractivity contribution in [1.29, 1.82) is 0 Å². The Balaban J connectivity index is 1.46. The van der Waals surface area contributed by atoms with Gasteiger partial charge in [0.05, 0.1) is 12.5 Å². The number of esters is 1. The minimum Gasteiger partial charge on any atom is -0.434 e. The lowest BCUT2D eigenvalue weighted by atomic mass is 10.0. The van der Waals surface area contributed by atoms with Crippen molar-refractivity contribution in [2.75, 3.05) is 6.61 Å². The first-order valence-electron chi connectivity index (χ1n) is 14.6. The van der Waals surface area contributed by atoms with Crippen LogP contribution < -0.4 is 9.47 Å². The lowest BCUT2D eigenvalue weighted by molar-refractivity contribution is -0.138. The Hall–Kier alpha value is -3.74. The molecule has 1 heterocycles. The maximum atomic E-state index is 12.3. The summed E-state index contributed by atoms with van der Waals surface area (Å²) in [6.45, 7) is 6.62. The van der Waals surface area contributed by atoms with E-state index in [9.17, 15) is 9.59 Å². The molecule has 0 saturated carbocycles. The Labute approximate surface area is 238 Å². The van der Waals surface area contributed by atoms with Crippen molar-refractivity contribution in [1.82, 2.24) is 9.97 Å². The molecule has 0 bridgehead atoms. The summed E-state index contributed by atoms with van der Waals surface area (Å²) in [7, 11) is 0. The number of carbonyl (C=O) groups is 2. The highest BCUT2D eigenvalue weighted by Gasteiger charge is 2.15. The molecule has 0 fully saturated rings. The van der Waals surface area contributed by atoms with Crippen molar-refractivity contribution < 1.29 is 23.8 Å². The summed E-state index contributed by atoms with van der Waals surface area (Å²) < 4.78 is 16.0. The minimum atomic E-state index is -0.684. The van der Waals surface area contributed by atoms with E-state index in [0.717, 1.165) is 55.2 Å². The van der Waals surface area contributed by atoms with Gasteiger partial charge in [0, 0.05) is 23.5 Å². The molecule has 7 nitrogen and oxygen atoms in total. The van der Waals surface area contributed by atoms with Crippen LogP contribution in [0.1, 0.15) is 85.0 Å². The van der Waals surface area contributed by atoms with Gasteiger partial charge in [-0.05, 0) is 54.8 Å². The highest BCUT2D eigenvalue weighted by atomic mass is 16.7. The Morgan fingerprint density at radius 2 is 1.23 bits per heavy atom. The molecule has 7 heteroatoms. The highest BCUT2D eigenvalue weighted by Crippen LogP contribution is 2.25. The Bertz CT molecular complexity index is 1160. The van der Waals surface area contributed by atoms with Crippen LogP contribution in [-0.2, 0) is 9.53 Å². The van der Waals surface area contributed by atoms with Crippen molar-refractivity contribution in [3.05, 3.63) is 60.9 Å². The molecule has 1 aromatic heterocycles. The van der Waals surface area contributed by atoms with E-state index in [1.165, 1.54) is 25.7 Å². The number of aromatic nitrogens is 2. The van der Waals surface area contributed by atoms with Crippen LogP contribution in [0, 0.1) is 5.92 Å². The third-order valence-corrected chi connectivity index (χ3v) is 6.73. The first kappa shape index (κ1) is 30.8. The molecule has 214 valence electrons. The summed E-state index contributed by atoms with van der Waals surface area (Å²) >= 11 is 0. The Morgan fingerprint density at radius 3 is 1.88 bits per heavy atom. The zero-order valence-corrected chi connectivity index (χ0v) is 24.1. The van der Waals surface area contributed by atoms with Crippen LogP contribution in [0.2, 0.25) is 0 Å². The molecule has 0 aliphatic heterocycles. The normalized spacial score (nSPS) is 11.6. The monoisotopic (exact) mass is 546 g/mol. The van der Waals surface area contributed by atoms with Gasteiger partial charge in [0.2, 0.25) is 0 Å². The van der Waals surface area contributed by atoms with Gasteiger partial charge in [-0.1, -0.05) is 84.3 Å².